The smallest absolute Gasteiger partial charge is 0.234 e. The van der Waals surface area contributed by atoms with Gasteiger partial charge in [0.15, 0.2) is 0 Å². The normalized spacial score (nSPS) is 12.3. The van der Waals surface area contributed by atoms with Crippen LogP contribution in [0.15, 0.2) is 24.3 Å². The monoisotopic (exact) mass is 264 g/mol. The number of methoxy groups -OCH3 is 1. The highest BCUT2D eigenvalue weighted by Gasteiger charge is 2.07. The fourth-order valence-electron chi connectivity index (χ4n) is 1.87. The minimum Gasteiger partial charge on any atom is -0.497 e. The molecule has 1 rings (SSSR count). The lowest BCUT2D eigenvalue weighted by Crippen LogP contribution is -2.41. The topological polar surface area (TPSA) is 50.4 Å². The first-order valence-corrected chi connectivity index (χ1v) is 6.67. The minimum atomic E-state index is 0.0347. The molecule has 0 spiro atoms. The Kier molecular flexibility index (Phi) is 6.36. The summed E-state index contributed by atoms with van der Waals surface area (Å²) in [6.45, 7) is 6.33. The lowest BCUT2D eigenvalue weighted by molar-refractivity contribution is -0.120. The van der Waals surface area contributed by atoms with E-state index in [1.54, 1.807) is 7.11 Å². The van der Waals surface area contributed by atoms with Gasteiger partial charge in [-0.3, -0.25) is 4.79 Å². The van der Waals surface area contributed by atoms with Gasteiger partial charge in [0.2, 0.25) is 5.91 Å². The van der Waals surface area contributed by atoms with Crippen LogP contribution in [0.5, 0.6) is 5.75 Å². The summed E-state index contributed by atoms with van der Waals surface area (Å²) in [5, 5.41) is 6.08. The van der Waals surface area contributed by atoms with E-state index in [0.717, 1.165) is 12.2 Å². The van der Waals surface area contributed by atoms with E-state index in [-0.39, 0.29) is 18.0 Å². The zero-order chi connectivity index (χ0) is 14.3. The lowest BCUT2D eigenvalue weighted by atomic mass is 10.1. The van der Waals surface area contributed by atoms with Crippen LogP contribution < -0.4 is 15.4 Å². The Balaban J connectivity index is 2.38. The highest BCUT2D eigenvalue weighted by molar-refractivity contribution is 5.78. The zero-order valence-electron chi connectivity index (χ0n) is 12.2. The highest BCUT2D eigenvalue weighted by atomic mass is 16.5. The molecule has 0 saturated carbocycles. The van der Waals surface area contributed by atoms with Gasteiger partial charge >= 0.3 is 0 Å². The van der Waals surface area contributed by atoms with Crippen LogP contribution >= 0.6 is 0 Å². The predicted octanol–water partition coefficient (Wildman–Crippen LogP) is 1.74. The number of hydrogen-bond acceptors (Lipinski definition) is 3. The molecule has 19 heavy (non-hydrogen) atoms. The molecular formula is C15H24N2O2. The first-order chi connectivity index (χ1) is 9.01. The van der Waals surface area contributed by atoms with Gasteiger partial charge in [0.1, 0.15) is 5.75 Å². The third kappa shape index (κ3) is 6.25. The van der Waals surface area contributed by atoms with Gasteiger partial charge in [0, 0.05) is 12.1 Å². The van der Waals surface area contributed by atoms with Gasteiger partial charge in [-0.15, -0.1) is 0 Å². The zero-order valence-corrected chi connectivity index (χ0v) is 12.2. The molecule has 0 fully saturated rings. The Morgan fingerprint density at radius 2 is 2.05 bits per heavy atom. The second-order valence-electron chi connectivity index (χ2n) is 5.06. The van der Waals surface area contributed by atoms with Crippen LogP contribution in [0.3, 0.4) is 0 Å². The van der Waals surface area contributed by atoms with Crippen molar-refractivity contribution in [3.8, 4) is 5.75 Å². The van der Waals surface area contributed by atoms with E-state index < -0.39 is 0 Å². The molecule has 1 amide bonds. The van der Waals surface area contributed by atoms with Crippen molar-refractivity contribution in [1.29, 1.82) is 0 Å². The third-order valence-electron chi connectivity index (χ3n) is 2.74. The molecule has 0 bridgehead atoms. The van der Waals surface area contributed by atoms with Crippen molar-refractivity contribution in [2.45, 2.75) is 39.3 Å². The standard InChI is InChI=1S/C15H24N2O2/c1-11(2)17-15(18)10-16-12(3)8-13-6-5-7-14(9-13)19-4/h5-7,9,11-12,16H,8,10H2,1-4H3,(H,17,18)/t12-/m1/s1. The summed E-state index contributed by atoms with van der Waals surface area (Å²) in [5.74, 6) is 0.898. The average Bonchev–Trinajstić information content (AvgIpc) is 2.36. The molecule has 1 aromatic rings. The minimum absolute atomic E-state index is 0.0347. The maximum Gasteiger partial charge on any atom is 0.234 e. The van der Waals surface area contributed by atoms with Crippen molar-refractivity contribution in [3.05, 3.63) is 29.8 Å². The predicted molar refractivity (Wildman–Crippen MR) is 77.4 cm³/mol. The third-order valence-corrected chi connectivity index (χ3v) is 2.74. The summed E-state index contributed by atoms with van der Waals surface area (Å²) in [6, 6.07) is 8.42. The molecule has 1 aromatic carbocycles. The molecule has 0 aliphatic heterocycles. The molecule has 0 radical (unpaired) electrons. The first-order valence-electron chi connectivity index (χ1n) is 6.67. The summed E-state index contributed by atoms with van der Waals surface area (Å²) in [7, 11) is 1.66. The van der Waals surface area contributed by atoms with Crippen LogP contribution in [0.2, 0.25) is 0 Å². The Morgan fingerprint density at radius 1 is 1.32 bits per heavy atom. The number of amides is 1. The molecule has 0 heterocycles. The maximum atomic E-state index is 11.5. The molecule has 2 N–H and O–H groups in total. The van der Waals surface area contributed by atoms with Gasteiger partial charge in [0.25, 0.3) is 0 Å². The summed E-state index contributed by atoms with van der Waals surface area (Å²) in [6.07, 6.45) is 0.867. The molecule has 0 saturated heterocycles. The van der Waals surface area contributed by atoms with Crippen molar-refractivity contribution >= 4 is 5.91 Å². The first kappa shape index (κ1) is 15.5. The number of benzene rings is 1. The van der Waals surface area contributed by atoms with E-state index in [4.69, 9.17) is 4.74 Å². The highest BCUT2D eigenvalue weighted by Crippen LogP contribution is 2.13. The summed E-state index contributed by atoms with van der Waals surface area (Å²) in [4.78, 5) is 11.5. The van der Waals surface area contributed by atoms with E-state index in [1.165, 1.54) is 5.56 Å². The van der Waals surface area contributed by atoms with Crippen molar-refractivity contribution in [1.82, 2.24) is 10.6 Å². The van der Waals surface area contributed by atoms with Crippen molar-refractivity contribution in [2.75, 3.05) is 13.7 Å². The number of carbonyl (C=O) groups excluding carboxylic acids is 1. The number of ether oxygens (including phenoxy) is 1. The molecule has 0 aliphatic carbocycles. The summed E-state index contributed by atoms with van der Waals surface area (Å²) >= 11 is 0. The largest absolute Gasteiger partial charge is 0.497 e. The van der Waals surface area contributed by atoms with Gasteiger partial charge < -0.3 is 15.4 Å². The molecule has 0 unspecified atom stereocenters. The van der Waals surface area contributed by atoms with Crippen molar-refractivity contribution < 1.29 is 9.53 Å². The molecule has 4 nitrogen and oxygen atoms in total. The van der Waals surface area contributed by atoms with Crippen molar-refractivity contribution in [2.24, 2.45) is 0 Å². The second kappa shape index (κ2) is 7.79. The van der Waals surface area contributed by atoms with Crippen LogP contribution in [0.25, 0.3) is 0 Å². The second-order valence-corrected chi connectivity index (χ2v) is 5.06. The van der Waals surface area contributed by atoms with Gasteiger partial charge in [-0.05, 0) is 44.9 Å². The van der Waals surface area contributed by atoms with Crippen LogP contribution in [0.1, 0.15) is 26.3 Å². The van der Waals surface area contributed by atoms with E-state index in [1.807, 2.05) is 32.0 Å². The number of hydrogen-bond donors (Lipinski definition) is 2. The molecule has 0 aliphatic rings. The SMILES string of the molecule is COc1cccc(C[C@@H](C)NCC(=O)NC(C)C)c1. The van der Waals surface area contributed by atoms with E-state index in [0.29, 0.717) is 6.54 Å². The van der Waals surface area contributed by atoms with Crippen LogP contribution in [-0.4, -0.2) is 31.6 Å². The number of rotatable bonds is 7. The van der Waals surface area contributed by atoms with E-state index in [9.17, 15) is 4.79 Å². The van der Waals surface area contributed by atoms with Gasteiger partial charge in [-0.1, -0.05) is 12.1 Å². The quantitative estimate of drug-likeness (QED) is 0.788. The fourth-order valence-corrected chi connectivity index (χ4v) is 1.87. The van der Waals surface area contributed by atoms with Crippen LogP contribution in [0, 0.1) is 0 Å². The molecule has 1 atom stereocenters. The Hall–Kier alpha value is -1.55. The molecule has 106 valence electrons. The summed E-state index contributed by atoms with van der Waals surface area (Å²) < 4.78 is 5.19. The Labute approximate surface area is 115 Å². The molecule has 0 aromatic heterocycles. The van der Waals surface area contributed by atoms with Gasteiger partial charge in [-0.2, -0.15) is 0 Å². The maximum absolute atomic E-state index is 11.5. The summed E-state index contributed by atoms with van der Waals surface area (Å²) in [5.41, 5.74) is 1.20. The van der Waals surface area contributed by atoms with Crippen LogP contribution in [0.4, 0.5) is 0 Å². The van der Waals surface area contributed by atoms with Gasteiger partial charge in [-0.25, -0.2) is 0 Å². The Morgan fingerprint density at radius 3 is 2.68 bits per heavy atom. The number of nitrogens with one attached hydrogen (secondary N) is 2. The van der Waals surface area contributed by atoms with Crippen LogP contribution in [-0.2, 0) is 11.2 Å². The number of carbonyl (C=O) groups is 1. The van der Waals surface area contributed by atoms with E-state index in [2.05, 4.69) is 23.6 Å². The fraction of sp³-hybridized carbons (Fsp3) is 0.533. The molecular weight excluding hydrogens is 240 g/mol. The van der Waals surface area contributed by atoms with Crippen molar-refractivity contribution in [3.63, 3.8) is 0 Å². The lowest BCUT2D eigenvalue weighted by Gasteiger charge is -2.15. The van der Waals surface area contributed by atoms with E-state index >= 15 is 0 Å². The average molecular weight is 264 g/mol. The van der Waals surface area contributed by atoms with Gasteiger partial charge in [0.05, 0.1) is 13.7 Å². The molecule has 4 heteroatoms. The Bertz CT molecular complexity index is 405.